The molecule has 2 aliphatic rings. The molecule has 0 spiro atoms. The maximum absolute atomic E-state index is 4.43. The molecule has 2 fully saturated rings. The Kier molecular flexibility index (Phi) is 5.23. The van der Waals surface area contributed by atoms with Crippen LogP contribution in [-0.2, 0) is 6.42 Å². The van der Waals surface area contributed by atoms with Gasteiger partial charge in [-0.1, -0.05) is 51.2 Å². The standard InChI is InChI=1S/C17H28BrN3Si/c1-3-15-16(18)17(20-12-19-15)21-13-6-8-14(9-7-13)22(2)10-4-5-11-22/h12-14H,3-11H2,1-2H3,(H,19,20,21)/t13-,14+. The van der Waals surface area contributed by atoms with Gasteiger partial charge in [-0.25, -0.2) is 9.97 Å². The van der Waals surface area contributed by atoms with E-state index in [0.717, 1.165) is 27.9 Å². The first-order valence-corrected chi connectivity index (χ1v) is 12.7. The fourth-order valence-corrected chi connectivity index (χ4v) is 9.98. The minimum atomic E-state index is -0.895. The van der Waals surface area contributed by atoms with Crippen LogP contribution in [0.4, 0.5) is 5.82 Å². The average Bonchev–Trinajstić information content (AvgIpc) is 2.98. The zero-order valence-electron chi connectivity index (χ0n) is 13.9. The lowest BCUT2D eigenvalue weighted by molar-refractivity contribution is 0.451. The summed E-state index contributed by atoms with van der Waals surface area (Å²) in [5, 5.41) is 3.66. The Morgan fingerprint density at radius 1 is 1.18 bits per heavy atom. The number of anilines is 1. The van der Waals surface area contributed by atoms with Crippen LogP contribution < -0.4 is 5.32 Å². The van der Waals surface area contributed by atoms with Crippen LogP contribution in [0.5, 0.6) is 0 Å². The zero-order valence-corrected chi connectivity index (χ0v) is 16.5. The third-order valence-electron chi connectivity index (χ3n) is 6.00. The number of hydrogen-bond acceptors (Lipinski definition) is 3. The lowest BCUT2D eigenvalue weighted by Gasteiger charge is -2.38. The van der Waals surface area contributed by atoms with Gasteiger partial charge in [-0.2, -0.15) is 0 Å². The Bertz CT molecular complexity index is 509. The van der Waals surface area contributed by atoms with Crippen molar-refractivity contribution in [2.45, 2.75) is 82.1 Å². The van der Waals surface area contributed by atoms with Gasteiger partial charge in [0, 0.05) is 6.04 Å². The third kappa shape index (κ3) is 3.40. The van der Waals surface area contributed by atoms with Crippen LogP contribution in [0.15, 0.2) is 10.8 Å². The molecule has 1 aromatic rings. The van der Waals surface area contributed by atoms with Crippen molar-refractivity contribution in [1.29, 1.82) is 0 Å². The van der Waals surface area contributed by atoms with Gasteiger partial charge >= 0.3 is 0 Å². The van der Waals surface area contributed by atoms with E-state index in [1.807, 2.05) is 0 Å². The van der Waals surface area contributed by atoms with E-state index in [1.165, 1.54) is 38.5 Å². The van der Waals surface area contributed by atoms with Crippen LogP contribution in [0.1, 0.15) is 51.1 Å². The van der Waals surface area contributed by atoms with Gasteiger partial charge in [0.2, 0.25) is 0 Å². The second-order valence-electron chi connectivity index (χ2n) is 7.39. The summed E-state index contributed by atoms with van der Waals surface area (Å²) in [5.74, 6) is 0.986. The molecule has 1 saturated carbocycles. The van der Waals surface area contributed by atoms with Gasteiger partial charge in [-0.05, 0) is 40.7 Å². The van der Waals surface area contributed by atoms with Crippen LogP contribution in [0.25, 0.3) is 0 Å². The number of rotatable bonds is 4. The molecule has 0 aromatic carbocycles. The van der Waals surface area contributed by atoms with Gasteiger partial charge in [0.05, 0.1) is 18.2 Å². The number of nitrogens with one attached hydrogen (secondary N) is 1. The molecule has 1 aliphatic carbocycles. The molecule has 0 bridgehead atoms. The summed E-state index contributed by atoms with van der Waals surface area (Å²) in [4.78, 5) is 8.76. The number of halogens is 1. The quantitative estimate of drug-likeness (QED) is 0.709. The van der Waals surface area contributed by atoms with Gasteiger partial charge in [-0.15, -0.1) is 0 Å². The predicted molar refractivity (Wildman–Crippen MR) is 99.2 cm³/mol. The molecule has 0 amide bonds. The van der Waals surface area contributed by atoms with Crippen molar-refractivity contribution in [2.75, 3.05) is 5.32 Å². The summed E-state index contributed by atoms with van der Waals surface area (Å²) in [6, 6.07) is 3.77. The molecule has 2 heterocycles. The van der Waals surface area contributed by atoms with E-state index >= 15 is 0 Å². The number of aromatic nitrogens is 2. The first-order chi connectivity index (χ1) is 10.6. The molecule has 0 radical (unpaired) electrons. The second-order valence-corrected chi connectivity index (χ2v) is 13.3. The summed E-state index contributed by atoms with van der Waals surface area (Å²) >= 11 is 3.66. The largest absolute Gasteiger partial charge is 0.366 e. The van der Waals surface area contributed by atoms with Crippen molar-refractivity contribution in [1.82, 2.24) is 9.97 Å². The number of hydrogen-bond donors (Lipinski definition) is 1. The van der Waals surface area contributed by atoms with Crippen molar-refractivity contribution in [3.8, 4) is 0 Å². The fourth-order valence-electron chi connectivity index (χ4n) is 4.47. The number of aryl methyl sites for hydroxylation is 1. The second kappa shape index (κ2) is 6.99. The highest BCUT2D eigenvalue weighted by Gasteiger charge is 2.40. The van der Waals surface area contributed by atoms with Gasteiger partial charge in [-0.3, -0.25) is 0 Å². The normalized spacial score (nSPS) is 27.8. The van der Waals surface area contributed by atoms with E-state index in [1.54, 1.807) is 18.4 Å². The molecule has 1 saturated heterocycles. The Morgan fingerprint density at radius 2 is 1.86 bits per heavy atom. The predicted octanol–water partition coefficient (Wildman–Crippen LogP) is 5.40. The van der Waals surface area contributed by atoms with Crippen LogP contribution in [0.3, 0.4) is 0 Å². The van der Waals surface area contributed by atoms with Crippen molar-refractivity contribution in [3.63, 3.8) is 0 Å². The third-order valence-corrected chi connectivity index (χ3v) is 12.4. The van der Waals surface area contributed by atoms with E-state index in [9.17, 15) is 0 Å². The lowest BCUT2D eigenvalue weighted by Crippen LogP contribution is -2.37. The van der Waals surface area contributed by atoms with Gasteiger partial charge < -0.3 is 5.32 Å². The van der Waals surface area contributed by atoms with Gasteiger partial charge in [0.15, 0.2) is 0 Å². The maximum atomic E-state index is 4.43. The van der Waals surface area contributed by atoms with Crippen molar-refractivity contribution < 1.29 is 0 Å². The smallest absolute Gasteiger partial charge is 0.144 e. The van der Waals surface area contributed by atoms with E-state index in [4.69, 9.17) is 0 Å². The lowest BCUT2D eigenvalue weighted by atomic mass is 9.95. The molecule has 5 heteroatoms. The van der Waals surface area contributed by atoms with Gasteiger partial charge in [0.25, 0.3) is 0 Å². The maximum Gasteiger partial charge on any atom is 0.144 e. The topological polar surface area (TPSA) is 37.8 Å². The van der Waals surface area contributed by atoms with Crippen molar-refractivity contribution >= 4 is 29.8 Å². The summed E-state index contributed by atoms with van der Waals surface area (Å²) in [5.41, 5.74) is 2.17. The molecular weight excluding hydrogens is 354 g/mol. The summed E-state index contributed by atoms with van der Waals surface area (Å²) in [6.45, 7) is 4.81. The zero-order chi connectivity index (χ0) is 15.6. The van der Waals surface area contributed by atoms with Crippen LogP contribution in [0, 0.1) is 0 Å². The Labute approximate surface area is 143 Å². The van der Waals surface area contributed by atoms with Crippen molar-refractivity contribution in [3.05, 3.63) is 16.5 Å². The minimum Gasteiger partial charge on any atom is -0.366 e. The Hall–Kier alpha value is -0.423. The monoisotopic (exact) mass is 381 g/mol. The van der Waals surface area contributed by atoms with Crippen LogP contribution in [0.2, 0.25) is 24.2 Å². The molecular formula is C17H28BrN3Si. The first kappa shape index (κ1) is 16.4. The minimum absolute atomic E-state index is 0.589. The molecule has 122 valence electrons. The highest BCUT2D eigenvalue weighted by Crippen LogP contribution is 2.46. The number of nitrogens with zero attached hydrogens (tertiary/aromatic N) is 2. The molecule has 0 atom stereocenters. The van der Waals surface area contributed by atoms with E-state index < -0.39 is 8.07 Å². The van der Waals surface area contributed by atoms with Crippen LogP contribution >= 0.6 is 15.9 Å². The Balaban J connectivity index is 1.58. The molecule has 3 nitrogen and oxygen atoms in total. The van der Waals surface area contributed by atoms with Crippen molar-refractivity contribution in [2.24, 2.45) is 0 Å². The molecule has 1 aliphatic heterocycles. The van der Waals surface area contributed by atoms with E-state index in [0.29, 0.717) is 6.04 Å². The molecule has 0 unspecified atom stereocenters. The summed E-state index contributed by atoms with van der Waals surface area (Å²) in [7, 11) is -0.895. The summed E-state index contributed by atoms with van der Waals surface area (Å²) < 4.78 is 1.05. The molecule has 1 aromatic heterocycles. The van der Waals surface area contributed by atoms with Crippen LogP contribution in [-0.4, -0.2) is 24.1 Å². The van der Waals surface area contributed by atoms with Gasteiger partial charge in [0.1, 0.15) is 12.1 Å². The average molecular weight is 382 g/mol. The van der Waals surface area contributed by atoms with E-state index in [2.05, 4.69) is 44.7 Å². The fraction of sp³-hybridized carbons (Fsp3) is 0.765. The highest BCUT2D eigenvalue weighted by atomic mass is 79.9. The molecule has 22 heavy (non-hydrogen) atoms. The summed E-state index contributed by atoms with van der Waals surface area (Å²) in [6.07, 6.45) is 11.1. The van der Waals surface area contributed by atoms with E-state index in [-0.39, 0.29) is 0 Å². The Morgan fingerprint density at radius 3 is 2.50 bits per heavy atom. The molecule has 3 rings (SSSR count). The SMILES string of the molecule is CCc1ncnc(N[C@H]2CC[C@@H]([Si]3(C)CCCC3)CC2)c1Br. The first-order valence-electron chi connectivity index (χ1n) is 8.88. The highest BCUT2D eigenvalue weighted by molar-refractivity contribution is 9.10. The molecule has 1 N–H and O–H groups in total.